The summed E-state index contributed by atoms with van der Waals surface area (Å²) in [5, 5.41) is 0. The van der Waals surface area contributed by atoms with Gasteiger partial charge in [-0.05, 0) is 24.6 Å². The van der Waals surface area contributed by atoms with Crippen LogP contribution in [-0.2, 0) is 10.0 Å². The molecule has 0 bridgehead atoms. The molecular weight excluding hydrogens is 336 g/mol. The van der Waals surface area contributed by atoms with E-state index in [1.807, 2.05) is 30.3 Å². The van der Waals surface area contributed by atoms with Gasteiger partial charge in [0.1, 0.15) is 0 Å². The lowest BCUT2D eigenvalue weighted by Crippen LogP contribution is -3.12. The molecule has 0 radical (unpaired) electrons. The van der Waals surface area contributed by atoms with Gasteiger partial charge in [-0.2, -0.15) is 4.31 Å². The molecule has 132 valence electrons. The Hall–Kier alpha value is -2.02. The van der Waals surface area contributed by atoms with Crippen molar-refractivity contribution in [2.24, 2.45) is 0 Å². The van der Waals surface area contributed by atoms with Crippen LogP contribution in [0.15, 0.2) is 59.5 Å². The molecule has 2 aromatic rings. The van der Waals surface area contributed by atoms with Crippen molar-refractivity contribution in [2.75, 3.05) is 26.7 Å². The van der Waals surface area contributed by atoms with Crippen molar-refractivity contribution in [3.8, 4) is 0 Å². The van der Waals surface area contributed by atoms with Crippen LogP contribution >= 0.6 is 0 Å². The van der Waals surface area contributed by atoms with Crippen LogP contribution in [0, 0.1) is 0 Å². The van der Waals surface area contributed by atoms with Crippen molar-refractivity contribution in [3.63, 3.8) is 0 Å². The fourth-order valence-corrected chi connectivity index (χ4v) is 4.91. The Morgan fingerprint density at radius 3 is 2.52 bits per heavy atom. The second-order valence-electron chi connectivity index (χ2n) is 6.54. The van der Waals surface area contributed by atoms with Crippen LogP contribution in [0.5, 0.6) is 0 Å². The lowest BCUT2D eigenvalue weighted by atomic mass is 10.1. The Morgan fingerprint density at radius 1 is 1.12 bits per heavy atom. The zero-order valence-corrected chi connectivity index (χ0v) is 15.3. The third kappa shape index (κ3) is 3.66. The Balaban J connectivity index is 2.02. The first-order valence-corrected chi connectivity index (χ1v) is 9.82. The zero-order valence-electron chi connectivity index (χ0n) is 14.5. The fourth-order valence-electron chi connectivity index (χ4n) is 3.25. The van der Waals surface area contributed by atoms with Crippen LogP contribution in [0.3, 0.4) is 0 Å². The summed E-state index contributed by atoms with van der Waals surface area (Å²) in [5.41, 5.74) is 1.41. The molecular formula is C19H23N2O3S+. The maximum Gasteiger partial charge on any atom is 0.244 e. The number of piperazine rings is 1. The number of carbonyl (C=O) groups is 1. The molecule has 6 heteroatoms. The molecule has 1 N–H and O–H groups in total. The number of sulfonamides is 1. The van der Waals surface area contributed by atoms with Crippen LogP contribution in [0.2, 0.25) is 0 Å². The van der Waals surface area contributed by atoms with E-state index >= 15 is 0 Å². The van der Waals surface area contributed by atoms with Crippen LogP contribution in [-0.4, -0.2) is 45.2 Å². The van der Waals surface area contributed by atoms with Gasteiger partial charge < -0.3 is 4.90 Å². The quantitative estimate of drug-likeness (QED) is 0.833. The van der Waals surface area contributed by atoms with Gasteiger partial charge in [0.05, 0.1) is 37.6 Å². The number of carbonyl (C=O) groups excluding carboxylic acids is 1. The predicted octanol–water partition coefficient (Wildman–Crippen LogP) is 1.15. The van der Waals surface area contributed by atoms with Crippen LogP contribution in [0.4, 0.5) is 0 Å². The molecule has 0 aliphatic carbocycles. The molecule has 0 saturated carbocycles. The first-order chi connectivity index (χ1) is 11.9. The van der Waals surface area contributed by atoms with E-state index in [-0.39, 0.29) is 16.7 Å². The van der Waals surface area contributed by atoms with Gasteiger partial charge in [0, 0.05) is 5.56 Å². The highest BCUT2D eigenvalue weighted by molar-refractivity contribution is 7.89. The molecule has 1 heterocycles. The Morgan fingerprint density at radius 2 is 1.84 bits per heavy atom. The van der Waals surface area contributed by atoms with Crippen molar-refractivity contribution in [1.82, 2.24) is 4.31 Å². The summed E-state index contributed by atoms with van der Waals surface area (Å²) < 4.78 is 28.1. The van der Waals surface area contributed by atoms with Gasteiger partial charge in [0.15, 0.2) is 5.78 Å². The minimum absolute atomic E-state index is 0.139. The molecule has 0 aromatic heterocycles. The number of ketones is 1. The topological polar surface area (TPSA) is 58.9 Å². The first kappa shape index (κ1) is 17.8. The highest BCUT2D eigenvalue weighted by Crippen LogP contribution is 2.28. The van der Waals surface area contributed by atoms with Crippen molar-refractivity contribution in [2.45, 2.75) is 17.9 Å². The number of benzene rings is 2. The van der Waals surface area contributed by atoms with Gasteiger partial charge in [-0.15, -0.1) is 0 Å². The summed E-state index contributed by atoms with van der Waals surface area (Å²) in [6.07, 6.45) is 0. The standard InChI is InChI=1S/C19H22N2O3S/c1-15(22)17-9-6-10-18(13-17)25(23,24)21-12-11-20(2)14-19(21)16-7-4-3-5-8-16/h3-10,13,19H,11-12,14H2,1-2H3/p+1/t19-/m1/s1. The minimum Gasteiger partial charge on any atom is -0.335 e. The van der Waals surface area contributed by atoms with E-state index in [1.165, 1.54) is 17.9 Å². The van der Waals surface area contributed by atoms with Crippen molar-refractivity contribution in [1.29, 1.82) is 0 Å². The molecule has 1 aliphatic heterocycles. The zero-order chi connectivity index (χ0) is 18.0. The number of quaternary nitrogens is 1. The van der Waals surface area contributed by atoms with Gasteiger partial charge in [-0.1, -0.05) is 42.5 Å². The summed E-state index contributed by atoms with van der Waals surface area (Å²) in [6, 6.07) is 15.8. The SMILES string of the molecule is CC(=O)c1cccc(S(=O)(=O)N2CC[NH+](C)C[C@@H]2c2ccccc2)c1. The second-order valence-corrected chi connectivity index (χ2v) is 8.43. The molecule has 1 unspecified atom stereocenters. The third-order valence-corrected chi connectivity index (χ3v) is 6.58. The molecule has 1 aliphatic rings. The van der Waals surface area contributed by atoms with Gasteiger partial charge in [-0.25, -0.2) is 8.42 Å². The van der Waals surface area contributed by atoms with Gasteiger partial charge in [-0.3, -0.25) is 4.79 Å². The maximum atomic E-state index is 13.3. The maximum absolute atomic E-state index is 13.3. The molecule has 0 spiro atoms. The largest absolute Gasteiger partial charge is 0.335 e. The van der Waals surface area contributed by atoms with Crippen molar-refractivity contribution < 1.29 is 18.1 Å². The summed E-state index contributed by atoms with van der Waals surface area (Å²) in [6.45, 7) is 3.38. The van der Waals surface area contributed by atoms with E-state index in [0.29, 0.717) is 12.1 Å². The summed E-state index contributed by atoms with van der Waals surface area (Å²) in [4.78, 5) is 13.1. The molecule has 0 amide bonds. The second kappa shape index (κ2) is 7.07. The molecule has 25 heavy (non-hydrogen) atoms. The Labute approximate surface area is 148 Å². The smallest absolute Gasteiger partial charge is 0.244 e. The number of nitrogens with one attached hydrogen (secondary N) is 1. The minimum atomic E-state index is -3.67. The van der Waals surface area contributed by atoms with Crippen LogP contribution in [0.25, 0.3) is 0 Å². The average molecular weight is 359 g/mol. The number of rotatable bonds is 4. The summed E-state index contributed by atoms with van der Waals surface area (Å²) in [5.74, 6) is -0.139. The van der Waals surface area contributed by atoms with E-state index in [9.17, 15) is 13.2 Å². The summed E-state index contributed by atoms with van der Waals surface area (Å²) >= 11 is 0. The predicted molar refractivity (Wildman–Crippen MR) is 96.1 cm³/mol. The van der Waals surface area contributed by atoms with E-state index < -0.39 is 10.0 Å². The van der Waals surface area contributed by atoms with Gasteiger partial charge in [0.25, 0.3) is 0 Å². The molecule has 3 rings (SSSR count). The highest BCUT2D eigenvalue weighted by Gasteiger charge is 2.38. The molecule has 2 atom stereocenters. The number of hydrogen-bond donors (Lipinski definition) is 1. The lowest BCUT2D eigenvalue weighted by molar-refractivity contribution is -0.887. The number of likely N-dealkylation sites (N-methyl/N-ethyl adjacent to an activating group) is 1. The van der Waals surface area contributed by atoms with E-state index in [0.717, 1.165) is 18.7 Å². The number of nitrogens with zero attached hydrogens (tertiary/aromatic N) is 1. The molecule has 1 fully saturated rings. The third-order valence-electron chi connectivity index (χ3n) is 4.68. The van der Waals surface area contributed by atoms with Crippen LogP contribution < -0.4 is 4.90 Å². The van der Waals surface area contributed by atoms with E-state index in [1.54, 1.807) is 22.5 Å². The molecule has 5 nitrogen and oxygen atoms in total. The average Bonchev–Trinajstić information content (AvgIpc) is 2.62. The van der Waals surface area contributed by atoms with Crippen molar-refractivity contribution >= 4 is 15.8 Å². The normalized spacial score (nSPS) is 21.8. The van der Waals surface area contributed by atoms with E-state index in [4.69, 9.17) is 0 Å². The fraction of sp³-hybridized carbons (Fsp3) is 0.316. The van der Waals surface area contributed by atoms with Gasteiger partial charge >= 0.3 is 0 Å². The first-order valence-electron chi connectivity index (χ1n) is 8.38. The van der Waals surface area contributed by atoms with Crippen molar-refractivity contribution in [3.05, 3.63) is 65.7 Å². The monoisotopic (exact) mass is 359 g/mol. The van der Waals surface area contributed by atoms with Gasteiger partial charge in [0.2, 0.25) is 10.0 Å². The van der Waals surface area contributed by atoms with Crippen LogP contribution in [0.1, 0.15) is 28.9 Å². The van der Waals surface area contributed by atoms with E-state index in [2.05, 4.69) is 7.05 Å². The summed E-state index contributed by atoms with van der Waals surface area (Å²) in [7, 11) is -1.59. The molecule has 2 aromatic carbocycles. The lowest BCUT2D eigenvalue weighted by Gasteiger charge is -2.37. The molecule has 1 saturated heterocycles. The number of Topliss-reactive ketones (excluding diaryl/α,β-unsaturated/α-hetero) is 1. The Kier molecular flexibility index (Phi) is 5.03. The Bertz CT molecular complexity index is 865. The highest BCUT2D eigenvalue weighted by atomic mass is 32.2. The number of hydrogen-bond acceptors (Lipinski definition) is 3.